The molecule has 2 nitrogen and oxygen atoms in total. The maximum atomic E-state index is 3.78. The van der Waals surface area contributed by atoms with Gasteiger partial charge in [-0.15, -0.1) is 6.58 Å². The van der Waals surface area contributed by atoms with E-state index in [-0.39, 0.29) is 5.54 Å². The number of allylic oxidation sites excluding steroid dienone is 1. The second-order valence-corrected chi connectivity index (χ2v) is 4.52. The third-order valence-corrected chi connectivity index (χ3v) is 3.12. The molecule has 0 heterocycles. The fourth-order valence-corrected chi connectivity index (χ4v) is 1.55. The van der Waals surface area contributed by atoms with Crippen LogP contribution >= 0.6 is 0 Å². The third-order valence-electron chi connectivity index (χ3n) is 3.12. The summed E-state index contributed by atoms with van der Waals surface area (Å²) in [4.78, 5) is 2.28. The third kappa shape index (κ3) is 3.81. The lowest BCUT2D eigenvalue weighted by Gasteiger charge is -2.40. The quantitative estimate of drug-likeness (QED) is 0.631. The Hall–Kier alpha value is -0.340. The molecule has 0 aromatic carbocycles. The molecule has 0 spiro atoms. The first-order valence-corrected chi connectivity index (χ1v) is 5.48. The molecule has 2 heteroatoms. The smallest absolute Gasteiger partial charge is 0.0300 e. The summed E-state index contributed by atoms with van der Waals surface area (Å²) in [6.07, 6.45) is 4.23. The molecule has 0 rings (SSSR count). The first kappa shape index (κ1) is 13.7. The topological polar surface area (TPSA) is 15.3 Å². The molecular formula is C12H26N2. The molecule has 0 radical (unpaired) electrons. The Balaban J connectivity index is 4.36. The molecule has 84 valence electrons. The predicted octanol–water partition coefficient (Wildman–Crippen LogP) is 2.27. The summed E-state index contributed by atoms with van der Waals surface area (Å²) in [6.45, 7) is 11.5. The number of rotatable bonds is 7. The first-order chi connectivity index (χ1) is 6.46. The largest absolute Gasteiger partial charge is 0.312 e. The highest BCUT2D eigenvalue weighted by molar-refractivity contribution is 4.92. The maximum Gasteiger partial charge on any atom is 0.0300 e. The van der Waals surface area contributed by atoms with Gasteiger partial charge in [0.05, 0.1) is 0 Å². The van der Waals surface area contributed by atoms with E-state index in [9.17, 15) is 0 Å². The van der Waals surface area contributed by atoms with Crippen molar-refractivity contribution in [3.05, 3.63) is 12.7 Å². The molecule has 0 aliphatic heterocycles. The van der Waals surface area contributed by atoms with Gasteiger partial charge in [-0.2, -0.15) is 0 Å². The van der Waals surface area contributed by atoms with E-state index in [2.05, 4.69) is 51.7 Å². The molecule has 0 fully saturated rings. The van der Waals surface area contributed by atoms with Crippen LogP contribution in [0.5, 0.6) is 0 Å². The molecular weight excluding hydrogens is 172 g/mol. The van der Waals surface area contributed by atoms with Crippen LogP contribution in [0.25, 0.3) is 0 Å². The van der Waals surface area contributed by atoms with Gasteiger partial charge in [-0.1, -0.05) is 13.0 Å². The zero-order valence-electron chi connectivity index (χ0n) is 10.4. The van der Waals surface area contributed by atoms with E-state index >= 15 is 0 Å². The maximum absolute atomic E-state index is 3.78. The van der Waals surface area contributed by atoms with E-state index in [0.717, 1.165) is 19.4 Å². The Bertz CT molecular complexity index is 162. The van der Waals surface area contributed by atoms with Crippen molar-refractivity contribution in [2.75, 3.05) is 20.6 Å². The minimum absolute atomic E-state index is 0.193. The van der Waals surface area contributed by atoms with Gasteiger partial charge in [0.15, 0.2) is 0 Å². The van der Waals surface area contributed by atoms with Crippen molar-refractivity contribution >= 4 is 0 Å². The molecule has 14 heavy (non-hydrogen) atoms. The van der Waals surface area contributed by atoms with Crippen LogP contribution in [0, 0.1) is 0 Å². The number of likely N-dealkylation sites (N-methyl/N-ethyl adjacent to an activating group) is 2. The van der Waals surface area contributed by atoms with Crippen molar-refractivity contribution in [3.63, 3.8) is 0 Å². The van der Waals surface area contributed by atoms with E-state index in [1.54, 1.807) is 0 Å². The van der Waals surface area contributed by atoms with Crippen LogP contribution < -0.4 is 5.32 Å². The van der Waals surface area contributed by atoms with Crippen molar-refractivity contribution in [1.29, 1.82) is 0 Å². The van der Waals surface area contributed by atoms with Crippen LogP contribution in [-0.2, 0) is 0 Å². The van der Waals surface area contributed by atoms with Crippen molar-refractivity contribution in [2.45, 2.75) is 45.2 Å². The minimum Gasteiger partial charge on any atom is -0.312 e. The molecule has 0 saturated carbocycles. The second kappa shape index (κ2) is 6.20. The van der Waals surface area contributed by atoms with E-state index in [0.29, 0.717) is 6.04 Å². The van der Waals surface area contributed by atoms with Crippen molar-refractivity contribution in [2.24, 2.45) is 0 Å². The second-order valence-electron chi connectivity index (χ2n) is 4.52. The Kier molecular flexibility index (Phi) is 6.05. The summed E-state index contributed by atoms with van der Waals surface area (Å²) in [6, 6.07) is 0.528. The van der Waals surface area contributed by atoms with Crippen LogP contribution in [-0.4, -0.2) is 37.1 Å². The van der Waals surface area contributed by atoms with Crippen LogP contribution in [0.4, 0.5) is 0 Å². The van der Waals surface area contributed by atoms with Gasteiger partial charge in [0.25, 0.3) is 0 Å². The number of hydrogen-bond acceptors (Lipinski definition) is 2. The summed E-state index contributed by atoms with van der Waals surface area (Å²) < 4.78 is 0. The number of nitrogens with one attached hydrogen (secondary N) is 1. The van der Waals surface area contributed by atoms with Gasteiger partial charge in [-0.3, -0.25) is 0 Å². The van der Waals surface area contributed by atoms with Gasteiger partial charge in [0.2, 0.25) is 0 Å². The van der Waals surface area contributed by atoms with E-state index in [4.69, 9.17) is 0 Å². The van der Waals surface area contributed by atoms with E-state index < -0.39 is 0 Å². The van der Waals surface area contributed by atoms with Gasteiger partial charge in [-0.05, 0) is 47.3 Å². The Morgan fingerprint density at radius 1 is 1.43 bits per heavy atom. The van der Waals surface area contributed by atoms with Gasteiger partial charge in [-0.25, -0.2) is 0 Å². The van der Waals surface area contributed by atoms with Crippen LogP contribution in [0.2, 0.25) is 0 Å². The van der Waals surface area contributed by atoms with Crippen LogP contribution in [0.3, 0.4) is 0 Å². The highest BCUT2D eigenvalue weighted by Gasteiger charge is 2.29. The Morgan fingerprint density at radius 3 is 2.36 bits per heavy atom. The van der Waals surface area contributed by atoms with Crippen LogP contribution in [0.1, 0.15) is 33.6 Å². The summed E-state index contributed by atoms with van der Waals surface area (Å²) in [5, 5.41) is 3.55. The lowest BCUT2D eigenvalue weighted by Crippen LogP contribution is -2.55. The molecule has 1 atom stereocenters. The van der Waals surface area contributed by atoms with E-state index in [1.807, 2.05) is 6.08 Å². The highest BCUT2D eigenvalue weighted by atomic mass is 15.2. The number of nitrogens with zero attached hydrogens (tertiary/aromatic N) is 1. The molecule has 1 N–H and O–H groups in total. The average Bonchev–Trinajstić information content (AvgIpc) is 2.11. The lowest BCUT2D eigenvalue weighted by atomic mass is 9.89. The zero-order valence-corrected chi connectivity index (χ0v) is 10.4. The monoisotopic (exact) mass is 198 g/mol. The van der Waals surface area contributed by atoms with Gasteiger partial charge in [0.1, 0.15) is 0 Å². The predicted molar refractivity (Wildman–Crippen MR) is 64.7 cm³/mol. The fourth-order valence-electron chi connectivity index (χ4n) is 1.55. The van der Waals surface area contributed by atoms with Crippen molar-refractivity contribution in [3.8, 4) is 0 Å². The van der Waals surface area contributed by atoms with Crippen molar-refractivity contribution < 1.29 is 0 Å². The average molecular weight is 198 g/mol. The molecule has 0 aliphatic rings. The molecule has 0 aliphatic carbocycles. The fraction of sp³-hybridized carbons (Fsp3) is 0.833. The molecule has 0 amide bonds. The Labute approximate surface area is 89.4 Å². The molecule has 0 aromatic heterocycles. The summed E-state index contributed by atoms with van der Waals surface area (Å²) >= 11 is 0. The molecule has 0 saturated heterocycles. The Morgan fingerprint density at radius 2 is 2.00 bits per heavy atom. The number of hydrogen-bond donors (Lipinski definition) is 1. The van der Waals surface area contributed by atoms with Gasteiger partial charge in [0, 0.05) is 11.6 Å². The molecule has 1 unspecified atom stereocenters. The minimum atomic E-state index is 0.193. The van der Waals surface area contributed by atoms with Gasteiger partial charge < -0.3 is 10.2 Å². The highest BCUT2D eigenvalue weighted by Crippen LogP contribution is 2.19. The molecule has 0 aromatic rings. The zero-order chi connectivity index (χ0) is 11.2. The summed E-state index contributed by atoms with van der Waals surface area (Å²) in [5.41, 5.74) is 0.193. The lowest BCUT2D eigenvalue weighted by molar-refractivity contribution is 0.134. The SMILES string of the molecule is C=CCCC(NCC)C(C)(C)N(C)C. The summed E-state index contributed by atoms with van der Waals surface area (Å²) in [5.74, 6) is 0. The van der Waals surface area contributed by atoms with E-state index in [1.165, 1.54) is 0 Å². The first-order valence-electron chi connectivity index (χ1n) is 5.48. The molecule has 0 bridgehead atoms. The van der Waals surface area contributed by atoms with Crippen molar-refractivity contribution in [1.82, 2.24) is 10.2 Å². The summed E-state index contributed by atoms with van der Waals surface area (Å²) in [7, 11) is 4.27. The van der Waals surface area contributed by atoms with Crippen LogP contribution in [0.15, 0.2) is 12.7 Å². The van der Waals surface area contributed by atoms with Gasteiger partial charge >= 0.3 is 0 Å². The normalized spacial score (nSPS) is 14.4. The standard InChI is InChI=1S/C12H26N2/c1-7-9-10-11(13-8-2)12(3,4)14(5)6/h7,11,13H,1,8-10H2,2-6H3.